The first-order valence-corrected chi connectivity index (χ1v) is 5.29. The maximum atomic E-state index is 11.7. The second-order valence-electron chi connectivity index (χ2n) is 3.83. The average Bonchev–Trinajstić information content (AvgIpc) is 2.34. The molecule has 19 heavy (non-hydrogen) atoms. The van der Waals surface area contributed by atoms with E-state index in [1.54, 1.807) is 0 Å². The SMILES string of the molecule is CC(O)C(NC(=O)c1ccc([N+](=O)[O-])cc1)C(=O)O. The molecular weight excluding hydrogens is 256 g/mol. The van der Waals surface area contributed by atoms with Gasteiger partial charge in [-0.25, -0.2) is 4.79 Å². The number of carboxylic acid groups (broad SMARTS) is 1. The van der Waals surface area contributed by atoms with Crippen LogP contribution >= 0.6 is 0 Å². The number of benzene rings is 1. The molecule has 2 atom stereocenters. The van der Waals surface area contributed by atoms with Crippen LogP contribution < -0.4 is 5.32 Å². The van der Waals surface area contributed by atoms with Gasteiger partial charge in [0.25, 0.3) is 11.6 Å². The summed E-state index contributed by atoms with van der Waals surface area (Å²) in [5.41, 5.74) is -0.112. The van der Waals surface area contributed by atoms with Crippen LogP contribution in [0.1, 0.15) is 17.3 Å². The lowest BCUT2D eigenvalue weighted by Gasteiger charge is -2.16. The zero-order valence-corrected chi connectivity index (χ0v) is 9.94. The minimum absolute atomic E-state index is 0.0671. The van der Waals surface area contributed by atoms with E-state index in [2.05, 4.69) is 5.32 Å². The van der Waals surface area contributed by atoms with Gasteiger partial charge in [-0.15, -0.1) is 0 Å². The van der Waals surface area contributed by atoms with Crippen LogP contribution in [0.3, 0.4) is 0 Å². The molecule has 1 amide bonds. The number of aliphatic hydroxyl groups is 1. The van der Waals surface area contributed by atoms with Gasteiger partial charge in [0.2, 0.25) is 0 Å². The van der Waals surface area contributed by atoms with E-state index in [0.717, 1.165) is 12.1 Å². The smallest absolute Gasteiger partial charge is 0.328 e. The second-order valence-corrected chi connectivity index (χ2v) is 3.83. The van der Waals surface area contributed by atoms with Gasteiger partial charge in [0.15, 0.2) is 6.04 Å². The van der Waals surface area contributed by atoms with Crippen molar-refractivity contribution in [2.75, 3.05) is 0 Å². The third-order valence-corrected chi connectivity index (χ3v) is 2.38. The third-order valence-electron chi connectivity index (χ3n) is 2.38. The lowest BCUT2D eigenvalue weighted by atomic mass is 10.1. The molecule has 0 aromatic heterocycles. The van der Waals surface area contributed by atoms with E-state index in [4.69, 9.17) is 5.11 Å². The zero-order valence-electron chi connectivity index (χ0n) is 9.94. The van der Waals surface area contributed by atoms with Crippen molar-refractivity contribution >= 4 is 17.6 Å². The van der Waals surface area contributed by atoms with E-state index in [1.807, 2.05) is 0 Å². The summed E-state index contributed by atoms with van der Waals surface area (Å²) in [4.78, 5) is 32.3. The highest BCUT2D eigenvalue weighted by Crippen LogP contribution is 2.12. The summed E-state index contributed by atoms with van der Waals surface area (Å²) in [6, 6.07) is 3.23. The number of carbonyl (C=O) groups is 2. The van der Waals surface area contributed by atoms with Gasteiger partial charge in [0.1, 0.15) is 0 Å². The molecule has 3 N–H and O–H groups in total. The Morgan fingerprint density at radius 1 is 1.32 bits per heavy atom. The molecule has 102 valence electrons. The number of aliphatic hydroxyl groups excluding tert-OH is 1. The van der Waals surface area contributed by atoms with Gasteiger partial charge in [-0.1, -0.05) is 0 Å². The number of amides is 1. The van der Waals surface area contributed by atoms with Gasteiger partial charge >= 0.3 is 5.97 Å². The first-order chi connectivity index (χ1) is 8.82. The Bertz CT molecular complexity index is 496. The van der Waals surface area contributed by atoms with Gasteiger partial charge in [-0.05, 0) is 19.1 Å². The summed E-state index contributed by atoms with van der Waals surface area (Å²) in [7, 11) is 0. The molecule has 0 spiro atoms. The van der Waals surface area contributed by atoms with Crippen molar-refractivity contribution in [3.8, 4) is 0 Å². The standard InChI is InChI=1S/C11H12N2O6/c1-6(14)9(11(16)17)12-10(15)7-2-4-8(5-3-7)13(18)19/h2-6,9,14H,1H3,(H,12,15)(H,16,17). The number of carboxylic acids is 1. The Morgan fingerprint density at radius 3 is 2.21 bits per heavy atom. The molecule has 1 rings (SSSR count). The fraction of sp³-hybridized carbons (Fsp3) is 0.273. The molecule has 0 aliphatic heterocycles. The van der Waals surface area contributed by atoms with Gasteiger partial charge < -0.3 is 15.5 Å². The summed E-state index contributed by atoms with van der Waals surface area (Å²) < 4.78 is 0. The van der Waals surface area contributed by atoms with Crippen LogP contribution in [-0.2, 0) is 4.79 Å². The highest BCUT2D eigenvalue weighted by atomic mass is 16.6. The van der Waals surface area contributed by atoms with Crippen molar-refractivity contribution in [1.82, 2.24) is 5.32 Å². The number of nitrogens with one attached hydrogen (secondary N) is 1. The Labute approximate surface area is 107 Å². The highest BCUT2D eigenvalue weighted by molar-refractivity contribution is 5.96. The molecule has 0 fully saturated rings. The van der Waals surface area contributed by atoms with Crippen molar-refractivity contribution in [1.29, 1.82) is 0 Å². The quantitative estimate of drug-likeness (QED) is 0.515. The molecule has 0 bridgehead atoms. The highest BCUT2D eigenvalue weighted by Gasteiger charge is 2.25. The number of nitro benzene ring substituents is 1. The number of nitro groups is 1. The Kier molecular flexibility index (Phi) is 4.54. The maximum Gasteiger partial charge on any atom is 0.328 e. The molecule has 0 saturated carbocycles. The van der Waals surface area contributed by atoms with Crippen molar-refractivity contribution in [3.05, 3.63) is 39.9 Å². The monoisotopic (exact) mass is 268 g/mol. The normalized spacial score (nSPS) is 13.4. The van der Waals surface area contributed by atoms with E-state index in [-0.39, 0.29) is 11.3 Å². The number of hydrogen-bond acceptors (Lipinski definition) is 5. The molecule has 0 saturated heterocycles. The molecule has 1 aromatic rings. The van der Waals surface area contributed by atoms with Crippen molar-refractivity contribution < 1.29 is 24.7 Å². The number of rotatable bonds is 5. The first-order valence-electron chi connectivity index (χ1n) is 5.29. The van der Waals surface area contributed by atoms with Crippen LogP contribution in [0.25, 0.3) is 0 Å². The number of nitrogens with zero attached hydrogens (tertiary/aromatic N) is 1. The molecule has 8 nitrogen and oxygen atoms in total. The summed E-state index contributed by atoms with van der Waals surface area (Å²) in [6.07, 6.45) is -1.26. The molecule has 0 aliphatic rings. The maximum absolute atomic E-state index is 11.7. The number of carbonyl (C=O) groups excluding carboxylic acids is 1. The van der Waals surface area contributed by atoms with Crippen LogP contribution in [0.5, 0.6) is 0 Å². The Hall–Kier alpha value is -2.48. The van der Waals surface area contributed by atoms with Crippen molar-refractivity contribution in [3.63, 3.8) is 0 Å². The molecular formula is C11H12N2O6. The topological polar surface area (TPSA) is 130 Å². The van der Waals surface area contributed by atoms with Crippen LogP contribution in [0.2, 0.25) is 0 Å². The second kappa shape index (κ2) is 5.91. The van der Waals surface area contributed by atoms with E-state index in [9.17, 15) is 24.8 Å². The van der Waals surface area contributed by atoms with Crippen LogP contribution in [0.4, 0.5) is 5.69 Å². The number of non-ortho nitro benzene ring substituents is 1. The van der Waals surface area contributed by atoms with Crippen molar-refractivity contribution in [2.24, 2.45) is 0 Å². The summed E-state index contributed by atoms with van der Waals surface area (Å²) in [5.74, 6) is -2.10. The van der Waals surface area contributed by atoms with Gasteiger partial charge in [-0.3, -0.25) is 14.9 Å². The third kappa shape index (κ3) is 3.75. The van der Waals surface area contributed by atoms with Gasteiger partial charge in [-0.2, -0.15) is 0 Å². The lowest BCUT2D eigenvalue weighted by molar-refractivity contribution is -0.384. The van der Waals surface area contributed by atoms with Gasteiger partial charge in [0.05, 0.1) is 11.0 Å². The summed E-state index contributed by atoms with van der Waals surface area (Å²) in [5, 5.41) is 30.6. The predicted molar refractivity (Wildman–Crippen MR) is 63.7 cm³/mol. The fourth-order valence-corrected chi connectivity index (χ4v) is 1.35. The van der Waals surface area contributed by atoms with Crippen LogP contribution in [-0.4, -0.2) is 39.2 Å². The minimum Gasteiger partial charge on any atom is -0.480 e. The Balaban J connectivity index is 2.83. The molecule has 0 heterocycles. The largest absolute Gasteiger partial charge is 0.480 e. The van der Waals surface area contributed by atoms with E-state index < -0.39 is 28.9 Å². The lowest BCUT2D eigenvalue weighted by Crippen LogP contribution is -2.47. The predicted octanol–water partition coefficient (Wildman–Crippen LogP) is 0.159. The molecule has 2 unspecified atom stereocenters. The van der Waals surface area contributed by atoms with Gasteiger partial charge in [0, 0.05) is 17.7 Å². The van der Waals surface area contributed by atoms with Crippen LogP contribution in [0, 0.1) is 10.1 Å². The number of hydrogen-bond donors (Lipinski definition) is 3. The summed E-state index contributed by atoms with van der Waals surface area (Å²) in [6.45, 7) is 1.23. The van der Waals surface area contributed by atoms with Crippen molar-refractivity contribution in [2.45, 2.75) is 19.1 Å². The Morgan fingerprint density at radius 2 is 1.84 bits per heavy atom. The van der Waals surface area contributed by atoms with E-state index in [0.29, 0.717) is 0 Å². The van der Waals surface area contributed by atoms with E-state index >= 15 is 0 Å². The van der Waals surface area contributed by atoms with E-state index in [1.165, 1.54) is 19.1 Å². The minimum atomic E-state index is -1.44. The molecule has 8 heteroatoms. The van der Waals surface area contributed by atoms with Crippen LogP contribution in [0.15, 0.2) is 24.3 Å². The molecule has 1 aromatic carbocycles. The summed E-state index contributed by atoms with van der Waals surface area (Å²) >= 11 is 0. The molecule has 0 radical (unpaired) electrons. The average molecular weight is 268 g/mol. The molecule has 0 aliphatic carbocycles. The number of aliphatic carboxylic acids is 1. The first kappa shape index (κ1) is 14.6. The zero-order chi connectivity index (χ0) is 14.6. The fourth-order valence-electron chi connectivity index (χ4n) is 1.35.